The van der Waals surface area contributed by atoms with Crippen LogP contribution in [0.3, 0.4) is 0 Å². The third-order valence-electron chi connectivity index (χ3n) is 3.66. The highest BCUT2D eigenvalue weighted by Crippen LogP contribution is 2.26. The molecule has 1 aromatic rings. The maximum absolute atomic E-state index is 11.8. The third-order valence-corrected chi connectivity index (χ3v) is 3.66. The Morgan fingerprint density at radius 3 is 2.54 bits per heavy atom. The molecule has 0 saturated carbocycles. The molecule has 0 aliphatic carbocycles. The highest BCUT2D eigenvalue weighted by molar-refractivity contribution is 5.87. The van der Waals surface area contributed by atoms with Crippen LogP contribution in [-0.2, 0) is 9.53 Å². The number of carbonyl (C=O) groups is 1. The van der Waals surface area contributed by atoms with Crippen LogP contribution in [0.1, 0.15) is 57.9 Å². The molecule has 0 bridgehead atoms. The molecule has 1 rings (SSSR count). The number of rotatable bonds is 12. The SMILES string of the molecule is CCCCCCCCOC(=O)/C=C/c1ccc(OC)cc1OCC. The van der Waals surface area contributed by atoms with Crippen molar-refractivity contribution in [2.75, 3.05) is 20.3 Å². The smallest absolute Gasteiger partial charge is 0.330 e. The highest BCUT2D eigenvalue weighted by Gasteiger charge is 2.04. The van der Waals surface area contributed by atoms with E-state index in [9.17, 15) is 4.79 Å². The number of hydrogen-bond donors (Lipinski definition) is 0. The maximum atomic E-state index is 11.8. The van der Waals surface area contributed by atoms with Crippen LogP contribution in [-0.4, -0.2) is 26.3 Å². The molecule has 4 nitrogen and oxygen atoms in total. The molecule has 4 heteroatoms. The Hall–Kier alpha value is -1.97. The van der Waals surface area contributed by atoms with E-state index >= 15 is 0 Å². The van der Waals surface area contributed by atoms with Gasteiger partial charge in [0.1, 0.15) is 11.5 Å². The maximum Gasteiger partial charge on any atom is 0.330 e. The van der Waals surface area contributed by atoms with E-state index in [1.165, 1.54) is 31.8 Å². The fraction of sp³-hybridized carbons (Fsp3) is 0.550. The summed E-state index contributed by atoms with van der Waals surface area (Å²) in [5, 5.41) is 0. The largest absolute Gasteiger partial charge is 0.497 e. The Morgan fingerprint density at radius 1 is 1.08 bits per heavy atom. The molecule has 0 fully saturated rings. The normalized spacial score (nSPS) is 10.8. The zero-order chi connectivity index (χ0) is 17.6. The summed E-state index contributed by atoms with van der Waals surface area (Å²) in [6, 6.07) is 5.51. The first kappa shape index (κ1) is 20.1. The number of carbonyl (C=O) groups excluding carboxylic acids is 1. The van der Waals surface area contributed by atoms with Crippen LogP contribution >= 0.6 is 0 Å². The van der Waals surface area contributed by atoms with E-state index in [0.29, 0.717) is 19.0 Å². The Morgan fingerprint density at radius 2 is 1.83 bits per heavy atom. The van der Waals surface area contributed by atoms with Crippen molar-refractivity contribution in [1.29, 1.82) is 0 Å². The van der Waals surface area contributed by atoms with Gasteiger partial charge < -0.3 is 14.2 Å². The van der Waals surface area contributed by atoms with Crippen LogP contribution in [0, 0.1) is 0 Å². The Balaban J connectivity index is 2.40. The molecular weight excluding hydrogens is 304 g/mol. The second kappa shape index (κ2) is 12.5. The molecule has 0 N–H and O–H groups in total. The van der Waals surface area contributed by atoms with Gasteiger partial charge in [0.25, 0.3) is 0 Å². The van der Waals surface area contributed by atoms with Crippen LogP contribution in [0.15, 0.2) is 24.3 Å². The van der Waals surface area contributed by atoms with Gasteiger partial charge >= 0.3 is 5.97 Å². The van der Waals surface area contributed by atoms with Gasteiger partial charge in [-0.1, -0.05) is 39.0 Å². The fourth-order valence-corrected chi connectivity index (χ4v) is 2.32. The van der Waals surface area contributed by atoms with Crippen LogP contribution in [0.25, 0.3) is 6.08 Å². The van der Waals surface area contributed by atoms with Gasteiger partial charge in [-0.05, 0) is 31.6 Å². The molecule has 0 aliphatic heterocycles. The number of esters is 1. The fourth-order valence-electron chi connectivity index (χ4n) is 2.32. The Bertz CT molecular complexity index is 508. The van der Waals surface area contributed by atoms with Crippen molar-refractivity contribution >= 4 is 12.0 Å². The van der Waals surface area contributed by atoms with Crippen molar-refractivity contribution in [3.8, 4) is 11.5 Å². The molecular formula is C20H30O4. The van der Waals surface area contributed by atoms with Gasteiger partial charge in [0.2, 0.25) is 0 Å². The van der Waals surface area contributed by atoms with Crippen molar-refractivity contribution in [3.63, 3.8) is 0 Å². The number of benzene rings is 1. The van der Waals surface area contributed by atoms with E-state index < -0.39 is 0 Å². The first-order chi connectivity index (χ1) is 11.7. The number of methoxy groups -OCH3 is 1. The minimum atomic E-state index is -0.318. The van der Waals surface area contributed by atoms with Crippen molar-refractivity contribution in [2.45, 2.75) is 52.4 Å². The summed E-state index contributed by atoms with van der Waals surface area (Å²) in [5.41, 5.74) is 0.828. The average molecular weight is 334 g/mol. The quantitative estimate of drug-likeness (QED) is 0.306. The predicted molar refractivity (Wildman–Crippen MR) is 97.5 cm³/mol. The molecule has 134 valence electrons. The minimum absolute atomic E-state index is 0.318. The topological polar surface area (TPSA) is 44.8 Å². The monoisotopic (exact) mass is 334 g/mol. The molecule has 0 spiro atoms. The molecule has 0 amide bonds. The van der Waals surface area contributed by atoms with Crippen molar-refractivity contribution in [3.05, 3.63) is 29.8 Å². The van der Waals surface area contributed by atoms with Gasteiger partial charge in [-0.2, -0.15) is 0 Å². The predicted octanol–water partition coefficient (Wildman–Crippen LogP) is 5.01. The first-order valence-corrected chi connectivity index (χ1v) is 8.87. The molecule has 0 heterocycles. The van der Waals surface area contributed by atoms with Gasteiger partial charge in [0.05, 0.1) is 20.3 Å². The van der Waals surface area contributed by atoms with Gasteiger partial charge in [-0.25, -0.2) is 4.79 Å². The van der Waals surface area contributed by atoms with E-state index in [1.807, 2.05) is 25.1 Å². The average Bonchev–Trinajstić information content (AvgIpc) is 2.60. The molecule has 0 unspecified atom stereocenters. The third kappa shape index (κ3) is 8.04. The van der Waals surface area contributed by atoms with Gasteiger partial charge in [0, 0.05) is 17.7 Å². The van der Waals surface area contributed by atoms with Crippen LogP contribution in [0.5, 0.6) is 11.5 Å². The summed E-state index contributed by atoms with van der Waals surface area (Å²) in [6.07, 6.45) is 10.2. The first-order valence-electron chi connectivity index (χ1n) is 8.87. The molecule has 24 heavy (non-hydrogen) atoms. The zero-order valence-electron chi connectivity index (χ0n) is 15.2. The van der Waals surface area contributed by atoms with Gasteiger partial charge in [0.15, 0.2) is 0 Å². The summed E-state index contributed by atoms with van der Waals surface area (Å²) < 4.78 is 16.0. The lowest BCUT2D eigenvalue weighted by Crippen LogP contribution is -2.02. The molecule has 0 aromatic heterocycles. The summed E-state index contributed by atoms with van der Waals surface area (Å²) in [6.45, 7) is 5.16. The van der Waals surface area contributed by atoms with Crippen LogP contribution < -0.4 is 9.47 Å². The van der Waals surface area contributed by atoms with E-state index in [0.717, 1.165) is 24.2 Å². The van der Waals surface area contributed by atoms with Crippen LogP contribution in [0.2, 0.25) is 0 Å². The second-order valence-electron chi connectivity index (χ2n) is 5.61. The summed E-state index contributed by atoms with van der Waals surface area (Å²) in [7, 11) is 1.61. The summed E-state index contributed by atoms with van der Waals surface area (Å²) in [4.78, 5) is 11.8. The molecule has 0 radical (unpaired) electrons. The Kier molecular flexibility index (Phi) is 10.4. The highest BCUT2D eigenvalue weighted by atomic mass is 16.5. The Labute approximate surface area is 145 Å². The lowest BCUT2D eigenvalue weighted by atomic mass is 10.1. The lowest BCUT2D eigenvalue weighted by molar-refractivity contribution is -0.137. The van der Waals surface area contributed by atoms with Crippen molar-refractivity contribution < 1.29 is 19.0 Å². The van der Waals surface area contributed by atoms with Crippen molar-refractivity contribution in [2.24, 2.45) is 0 Å². The summed E-state index contributed by atoms with van der Waals surface area (Å²) in [5.74, 6) is 1.10. The number of unbranched alkanes of at least 4 members (excludes halogenated alkanes) is 5. The number of ether oxygens (including phenoxy) is 3. The minimum Gasteiger partial charge on any atom is -0.497 e. The molecule has 0 saturated heterocycles. The van der Waals surface area contributed by atoms with E-state index in [-0.39, 0.29) is 5.97 Å². The second-order valence-corrected chi connectivity index (χ2v) is 5.61. The van der Waals surface area contributed by atoms with E-state index in [2.05, 4.69) is 6.92 Å². The number of hydrogen-bond acceptors (Lipinski definition) is 4. The standard InChI is InChI=1S/C20H30O4/c1-4-6-7-8-9-10-15-24-20(21)14-12-17-11-13-18(22-3)16-19(17)23-5-2/h11-14,16H,4-10,15H2,1-3H3/b14-12+. The molecule has 0 aliphatic rings. The van der Waals surface area contributed by atoms with Crippen molar-refractivity contribution in [1.82, 2.24) is 0 Å². The zero-order valence-corrected chi connectivity index (χ0v) is 15.2. The lowest BCUT2D eigenvalue weighted by Gasteiger charge is -2.09. The molecule has 1 aromatic carbocycles. The molecule has 0 atom stereocenters. The van der Waals surface area contributed by atoms with E-state index in [4.69, 9.17) is 14.2 Å². The van der Waals surface area contributed by atoms with Gasteiger partial charge in [-0.3, -0.25) is 0 Å². The van der Waals surface area contributed by atoms with E-state index in [1.54, 1.807) is 13.2 Å². The summed E-state index contributed by atoms with van der Waals surface area (Å²) >= 11 is 0. The van der Waals surface area contributed by atoms with Gasteiger partial charge in [-0.15, -0.1) is 0 Å². The van der Waals surface area contributed by atoms with Crippen LogP contribution in [0.4, 0.5) is 0 Å².